The van der Waals surface area contributed by atoms with E-state index in [0.29, 0.717) is 0 Å². The number of ether oxygens (including phenoxy) is 3. The van der Waals surface area contributed by atoms with Crippen LogP contribution in [0, 0.1) is 0 Å². The highest BCUT2D eigenvalue weighted by molar-refractivity contribution is 6.04. The highest BCUT2D eigenvalue weighted by Gasteiger charge is 2.51. The summed E-state index contributed by atoms with van der Waals surface area (Å²) < 4.78 is 21.5. The maximum absolute atomic E-state index is 7.28. The van der Waals surface area contributed by atoms with E-state index in [4.69, 9.17) is 14.2 Å². The molecule has 5 heteroatoms. The van der Waals surface area contributed by atoms with Crippen LogP contribution in [0.5, 0.6) is 17.2 Å². The average molecular weight is 876 g/mol. The normalized spacial score (nSPS) is 20.0. The van der Waals surface area contributed by atoms with Crippen molar-refractivity contribution in [2.75, 3.05) is 32.2 Å². The Labute approximate surface area is 393 Å². The predicted molar refractivity (Wildman–Crippen MR) is 271 cm³/mol. The lowest BCUT2D eigenvalue weighted by atomic mass is 9.67. The number of fused-ring (bicyclic) bond motifs is 4. The molecule has 0 radical (unpaired) electrons. The van der Waals surface area contributed by atoms with Crippen molar-refractivity contribution in [3.8, 4) is 17.2 Å². The number of nitrogens with zero attached hydrogens (tertiary/aromatic N) is 2. The molecule has 0 unspecified atom stereocenters. The molecule has 2 heterocycles. The molecule has 3 aliphatic carbocycles. The van der Waals surface area contributed by atoms with Gasteiger partial charge in [0.1, 0.15) is 29.6 Å². The van der Waals surface area contributed by atoms with Crippen molar-refractivity contribution in [1.29, 1.82) is 0 Å². The van der Waals surface area contributed by atoms with Gasteiger partial charge in [0.25, 0.3) is 0 Å². The summed E-state index contributed by atoms with van der Waals surface area (Å²) in [7, 11) is 3.58. The molecule has 0 atom stereocenters. The van der Waals surface area contributed by atoms with E-state index >= 15 is 0 Å². The van der Waals surface area contributed by atoms with Crippen molar-refractivity contribution in [3.05, 3.63) is 196 Å². The lowest BCUT2D eigenvalue weighted by molar-refractivity contribution is -0.433. The van der Waals surface area contributed by atoms with Gasteiger partial charge >= 0.3 is 0 Å². The summed E-state index contributed by atoms with van der Waals surface area (Å²) in [4.78, 5) is 2.58. The Bertz CT molecular complexity index is 2650. The van der Waals surface area contributed by atoms with Gasteiger partial charge in [0, 0.05) is 47.0 Å². The Balaban J connectivity index is 1.08. The van der Waals surface area contributed by atoms with Gasteiger partial charge in [0.05, 0.1) is 19.6 Å². The molecule has 2 saturated carbocycles. The molecule has 10 rings (SSSR count). The summed E-state index contributed by atoms with van der Waals surface area (Å²) in [5.41, 5.74) is 14.7. The van der Waals surface area contributed by atoms with Crippen molar-refractivity contribution >= 4 is 17.1 Å². The second-order valence-electron chi connectivity index (χ2n) is 19.1. The molecule has 0 bridgehead atoms. The monoisotopic (exact) mass is 876 g/mol. The fourth-order valence-corrected chi connectivity index (χ4v) is 12.5. The molecule has 2 aliphatic heterocycles. The largest absolute Gasteiger partial charge is 0.497 e. The van der Waals surface area contributed by atoms with Gasteiger partial charge < -0.3 is 19.1 Å². The predicted octanol–water partition coefficient (Wildman–Crippen LogP) is 14.8. The van der Waals surface area contributed by atoms with E-state index < -0.39 is 0 Å². The Morgan fingerprint density at radius 2 is 1.18 bits per heavy atom. The molecule has 338 valence electrons. The molecule has 2 spiro atoms. The van der Waals surface area contributed by atoms with Crippen molar-refractivity contribution in [2.45, 2.75) is 114 Å². The molecule has 0 aromatic heterocycles. The molecular weight excluding hydrogens is 809 g/mol. The average Bonchev–Trinajstić information content (AvgIpc) is 3.77. The van der Waals surface area contributed by atoms with Gasteiger partial charge in [-0.05, 0) is 147 Å². The van der Waals surface area contributed by atoms with Crippen molar-refractivity contribution in [2.24, 2.45) is 0 Å². The summed E-state index contributed by atoms with van der Waals surface area (Å²) in [6, 6.07) is 44.1. The van der Waals surface area contributed by atoms with Crippen molar-refractivity contribution in [1.82, 2.24) is 0 Å². The second-order valence-corrected chi connectivity index (χ2v) is 19.1. The van der Waals surface area contributed by atoms with Gasteiger partial charge in [0.15, 0.2) is 5.71 Å². The minimum Gasteiger partial charge on any atom is -0.497 e. The van der Waals surface area contributed by atoms with Gasteiger partial charge in [-0.15, -0.1) is 0 Å². The molecular formula is C61H67N2O3+. The minimum absolute atomic E-state index is 0.0179. The number of hydrogen-bond acceptors (Lipinski definition) is 4. The van der Waals surface area contributed by atoms with E-state index in [1.807, 2.05) is 0 Å². The van der Waals surface area contributed by atoms with Crippen LogP contribution in [0.15, 0.2) is 168 Å². The van der Waals surface area contributed by atoms with Gasteiger partial charge in [-0.3, -0.25) is 0 Å². The van der Waals surface area contributed by atoms with Crippen LogP contribution in [-0.2, 0) is 10.8 Å². The smallest absolute Gasteiger partial charge is 0.210 e. The first-order chi connectivity index (χ1) is 32.5. The molecule has 5 aromatic carbocycles. The van der Waals surface area contributed by atoms with E-state index in [0.717, 1.165) is 81.0 Å². The standard InChI is InChI=1S/C61H67N2O3/c1-5-62-54-34-32-50(64-3)42-52(54)60(38-15-9-16-39-60)56(62)36-28-47-24-19-25-48(29-37-57-61(40-17-10-18-41-61)53-43-51(65-4)33-35-55(53)63(57)6-2)59(47)66-49-30-26-46(27-31-49)58(44-20-11-7-12-21-44)45-22-13-8-14-23-45/h7-8,11-14,20-23,26-37,42-43,58H,5-6,9-10,15-19,24-25,38-41H2,1-4H3/q+1. The third-order valence-electron chi connectivity index (χ3n) is 15.7. The zero-order chi connectivity index (χ0) is 45.1. The van der Waals surface area contributed by atoms with Gasteiger partial charge in [-0.1, -0.05) is 117 Å². The lowest BCUT2D eigenvalue weighted by Crippen LogP contribution is -2.36. The van der Waals surface area contributed by atoms with Crippen LogP contribution in [0.4, 0.5) is 11.4 Å². The number of rotatable bonds is 12. The topological polar surface area (TPSA) is 33.9 Å². The summed E-state index contributed by atoms with van der Waals surface area (Å²) in [5.74, 6) is 3.88. The molecule has 5 aromatic rings. The third-order valence-corrected chi connectivity index (χ3v) is 15.7. The highest BCUT2D eigenvalue weighted by Crippen LogP contribution is 2.56. The van der Waals surface area contributed by atoms with E-state index in [-0.39, 0.29) is 16.7 Å². The van der Waals surface area contributed by atoms with Crippen LogP contribution >= 0.6 is 0 Å². The van der Waals surface area contributed by atoms with E-state index in [9.17, 15) is 0 Å². The van der Waals surface area contributed by atoms with Crippen LogP contribution in [0.3, 0.4) is 0 Å². The van der Waals surface area contributed by atoms with E-state index in [1.54, 1.807) is 14.2 Å². The summed E-state index contributed by atoms with van der Waals surface area (Å²) in [5, 5.41) is 0. The first-order valence-corrected chi connectivity index (χ1v) is 25.0. The van der Waals surface area contributed by atoms with Crippen LogP contribution in [0.1, 0.15) is 131 Å². The summed E-state index contributed by atoms with van der Waals surface area (Å²) in [6.45, 7) is 6.44. The Morgan fingerprint density at radius 1 is 0.591 bits per heavy atom. The van der Waals surface area contributed by atoms with Crippen LogP contribution < -0.4 is 19.1 Å². The second kappa shape index (κ2) is 19.0. The summed E-state index contributed by atoms with van der Waals surface area (Å²) in [6.07, 6.45) is 25.0. The molecule has 0 amide bonds. The number of anilines is 1. The molecule has 0 N–H and O–H groups in total. The van der Waals surface area contributed by atoms with Crippen molar-refractivity contribution in [3.63, 3.8) is 0 Å². The molecule has 5 aliphatic rings. The number of hydrogen-bond donors (Lipinski definition) is 0. The number of benzene rings is 5. The zero-order valence-corrected chi connectivity index (χ0v) is 39.7. The van der Waals surface area contributed by atoms with Gasteiger partial charge in [0.2, 0.25) is 5.69 Å². The Kier molecular flexibility index (Phi) is 12.6. The molecule has 2 fully saturated rings. The van der Waals surface area contributed by atoms with E-state index in [2.05, 4.69) is 169 Å². The third kappa shape index (κ3) is 7.92. The van der Waals surface area contributed by atoms with Crippen LogP contribution in [-0.4, -0.2) is 37.6 Å². The Morgan fingerprint density at radius 3 is 1.80 bits per heavy atom. The molecule has 0 saturated heterocycles. The maximum atomic E-state index is 7.28. The first-order valence-electron chi connectivity index (χ1n) is 25.0. The number of likely N-dealkylation sites (N-methyl/N-ethyl adjacent to an activating group) is 1. The highest BCUT2D eigenvalue weighted by atomic mass is 16.5. The van der Waals surface area contributed by atoms with Gasteiger partial charge in [-0.2, -0.15) is 4.58 Å². The molecule has 5 nitrogen and oxygen atoms in total. The van der Waals surface area contributed by atoms with E-state index in [1.165, 1.54) is 100 Å². The maximum Gasteiger partial charge on any atom is 0.210 e. The number of methoxy groups -OCH3 is 2. The fourth-order valence-electron chi connectivity index (χ4n) is 12.5. The first kappa shape index (κ1) is 43.8. The molecule has 66 heavy (non-hydrogen) atoms. The minimum atomic E-state index is -0.0179. The van der Waals surface area contributed by atoms with Crippen LogP contribution in [0.25, 0.3) is 0 Å². The van der Waals surface area contributed by atoms with Gasteiger partial charge in [-0.25, -0.2) is 0 Å². The lowest BCUT2D eigenvalue weighted by Gasteiger charge is -2.37. The van der Waals surface area contributed by atoms with Crippen molar-refractivity contribution < 1.29 is 18.8 Å². The summed E-state index contributed by atoms with van der Waals surface area (Å²) >= 11 is 0. The van der Waals surface area contributed by atoms with Crippen LogP contribution in [0.2, 0.25) is 0 Å². The fraction of sp³-hybridized carbons (Fsp3) is 0.361. The zero-order valence-electron chi connectivity index (χ0n) is 39.7. The Hall–Kier alpha value is -6.07. The quantitative estimate of drug-likeness (QED) is 0.0924. The number of allylic oxidation sites excluding steroid dienone is 7. The SMILES string of the molecule is CCN1/C(=C/C=C2\CCCC(/C=C/C3=[N+](CC)c4ccc(OC)cc4C34CCCCC4)=C2Oc2ccc(C(c3ccccc3)c3ccccc3)cc2)C2(CCCCC2)c2cc(OC)ccc21.